The van der Waals surface area contributed by atoms with Gasteiger partial charge in [0.2, 0.25) is 10.0 Å². The van der Waals surface area contributed by atoms with Gasteiger partial charge in [-0.25, -0.2) is 17.5 Å². The van der Waals surface area contributed by atoms with Gasteiger partial charge in [0.15, 0.2) is 11.5 Å². The van der Waals surface area contributed by atoms with Crippen LogP contribution in [0.3, 0.4) is 0 Å². The summed E-state index contributed by atoms with van der Waals surface area (Å²) in [6.45, 7) is 3.21. The predicted octanol–water partition coefficient (Wildman–Crippen LogP) is 3.31. The summed E-state index contributed by atoms with van der Waals surface area (Å²) in [5.74, 6) is 0.843. The Kier molecular flexibility index (Phi) is 6.48. The Morgan fingerprint density at radius 1 is 1.13 bits per heavy atom. The lowest BCUT2D eigenvalue weighted by atomic mass is 9.97. The van der Waals surface area contributed by atoms with Crippen molar-refractivity contribution < 1.29 is 22.3 Å². The number of nitrogens with zero attached hydrogens (tertiary/aromatic N) is 1. The highest BCUT2D eigenvalue weighted by molar-refractivity contribution is 7.89. The molecule has 0 bridgehead atoms. The zero-order chi connectivity index (χ0) is 21.1. The molecule has 0 unspecified atom stereocenters. The third-order valence-electron chi connectivity index (χ3n) is 5.48. The van der Waals surface area contributed by atoms with Gasteiger partial charge in [0, 0.05) is 24.2 Å². The predicted molar refractivity (Wildman–Crippen MR) is 112 cm³/mol. The number of nitrogens with one attached hydrogen (secondary N) is 1. The maximum Gasteiger partial charge on any atom is 0.243 e. The molecule has 0 spiro atoms. The molecule has 6 nitrogen and oxygen atoms in total. The SMILES string of the molecule is O=S(=O)(NCC1CCN(C[C@H]2COc3ccc(Cl)cc3O2)CC1)c1ccccc1F. The van der Waals surface area contributed by atoms with E-state index < -0.39 is 15.8 Å². The molecule has 2 aliphatic rings. The van der Waals surface area contributed by atoms with Crippen LogP contribution in [0.25, 0.3) is 0 Å². The van der Waals surface area contributed by atoms with Crippen molar-refractivity contribution in [2.75, 3.05) is 32.8 Å². The first kappa shape index (κ1) is 21.4. The lowest BCUT2D eigenvalue weighted by molar-refractivity contribution is 0.0481. The molecular weight excluding hydrogens is 431 g/mol. The topological polar surface area (TPSA) is 67.9 Å². The van der Waals surface area contributed by atoms with Crippen molar-refractivity contribution >= 4 is 21.6 Å². The fourth-order valence-corrected chi connectivity index (χ4v) is 5.16. The number of sulfonamides is 1. The Balaban J connectivity index is 1.24. The third kappa shape index (κ3) is 5.06. The van der Waals surface area contributed by atoms with Crippen LogP contribution in [0.2, 0.25) is 5.02 Å². The Morgan fingerprint density at radius 2 is 1.90 bits per heavy atom. The number of hydrogen-bond acceptors (Lipinski definition) is 5. The second-order valence-electron chi connectivity index (χ2n) is 7.67. The summed E-state index contributed by atoms with van der Waals surface area (Å²) in [6.07, 6.45) is 1.64. The van der Waals surface area contributed by atoms with Crippen LogP contribution in [0.15, 0.2) is 47.4 Å². The van der Waals surface area contributed by atoms with Crippen molar-refractivity contribution in [2.45, 2.75) is 23.8 Å². The molecular formula is C21H24ClFN2O4S. The molecule has 0 aromatic heterocycles. The molecule has 162 valence electrons. The zero-order valence-electron chi connectivity index (χ0n) is 16.4. The molecule has 4 rings (SSSR count). The molecule has 0 saturated carbocycles. The van der Waals surface area contributed by atoms with Gasteiger partial charge in [-0.2, -0.15) is 0 Å². The van der Waals surface area contributed by atoms with Gasteiger partial charge in [0.05, 0.1) is 0 Å². The van der Waals surface area contributed by atoms with E-state index in [1.54, 1.807) is 12.1 Å². The smallest absolute Gasteiger partial charge is 0.243 e. The molecule has 1 fully saturated rings. The quantitative estimate of drug-likeness (QED) is 0.725. The molecule has 1 N–H and O–H groups in total. The number of piperidine rings is 1. The Morgan fingerprint density at radius 3 is 2.67 bits per heavy atom. The van der Waals surface area contributed by atoms with E-state index in [0.29, 0.717) is 29.7 Å². The van der Waals surface area contributed by atoms with E-state index in [-0.39, 0.29) is 16.9 Å². The molecule has 0 aliphatic carbocycles. The monoisotopic (exact) mass is 454 g/mol. The highest BCUT2D eigenvalue weighted by Crippen LogP contribution is 2.34. The Hall–Kier alpha value is -1.87. The molecule has 2 aromatic carbocycles. The van der Waals surface area contributed by atoms with Crippen LogP contribution in [0, 0.1) is 11.7 Å². The lowest BCUT2D eigenvalue weighted by Gasteiger charge is -2.35. The number of halogens is 2. The molecule has 0 radical (unpaired) electrons. The minimum atomic E-state index is -3.84. The van der Waals surface area contributed by atoms with Gasteiger partial charge >= 0.3 is 0 Å². The lowest BCUT2D eigenvalue weighted by Crippen LogP contribution is -2.45. The largest absolute Gasteiger partial charge is 0.486 e. The minimum absolute atomic E-state index is 0.0768. The van der Waals surface area contributed by atoms with Crippen LogP contribution >= 0.6 is 11.6 Å². The second-order valence-corrected chi connectivity index (χ2v) is 9.84. The van der Waals surface area contributed by atoms with Crippen molar-refractivity contribution in [1.29, 1.82) is 0 Å². The second kappa shape index (κ2) is 9.09. The van der Waals surface area contributed by atoms with Crippen molar-refractivity contribution in [2.24, 2.45) is 5.92 Å². The van der Waals surface area contributed by atoms with Crippen LogP contribution in [0.5, 0.6) is 11.5 Å². The van der Waals surface area contributed by atoms with E-state index in [1.165, 1.54) is 18.2 Å². The molecule has 30 heavy (non-hydrogen) atoms. The summed E-state index contributed by atoms with van der Waals surface area (Å²) in [5.41, 5.74) is 0. The van der Waals surface area contributed by atoms with Gasteiger partial charge in [0.1, 0.15) is 23.4 Å². The maximum atomic E-state index is 13.8. The van der Waals surface area contributed by atoms with Crippen molar-refractivity contribution in [1.82, 2.24) is 9.62 Å². The number of ether oxygens (including phenoxy) is 2. The Bertz CT molecular complexity index is 996. The number of benzene rings is 2. The van der Waals surface area contributed by atoms with E-state index in [4.69, 9.17) is 21.1 Å². The van der Waals surface area contributed by atoms with Gasteiger partial charge in [-0.1, -0.05) is 23.7 Å². The average molecular weight is 455 g/mol. The van der Waals surface area contributed by atoms with Crippen LogP contribution in [0.4, 0.5) is 4.39 Å². The third-order valence-corrected chi connectivity index (χ3v) is 7.17. The number of likely N-dealkylation sites (tertiary alicyclic amines) is 1. The summed E-state index contributed by atoms with van der Waals surface area (Å²) in [6, 6.07) is 10.8. The first-order chi connectivity index (χ1) is 14.4. The van der Waals surface area contributed by atoms with Gasteiger partial charge in [-0.3, -0.25) is 4.90 Å². The normalized spacial score (nSPS) is 20.3. The van der Waals surface area contributed by atoms with Gasteiger partial charge < -0.3 is 9.47 Å². The van der Waals surface area contributed by atoms with Gasteiger partial charge in [0.25, 0.3) is 0 Å². The molecule has 1 saturated heterocycles. The van der Waals surface area contributed by atoms with Gasteiger partial charge in [-0.15, -0.1) is 0 Å². The maximum absolute atomic E-state index is 13.8. The van der Waals surface area contributed by atoms with E-state index in [0.717, 1.165) is 38.5 Å². The molecule has 1 atom stereocenters. The van der Waals surface area contributed by atoms with E-state index in [2.05, 4.69) is 9.62 Å². The van der Waals surface area contributed by atoms with E-state index >= 15 is 0 Å². The fraction of sp³-hybridized carbons (Fsp3) is 0.429. The fourth-order valence-electron chi connectivity index (χ4n) is 3.81. The molecule has 2 aliphatic heterocycles. The van der Waals surface area contributed by atoms with Crippen LogP contribution < -0.4 is 14.2 Å². The molecule has 2 heterocycles. The van der Waals surface area contributed by atoms with Crippen LogP contribution in [0.1, 0.15) is 12.8 Å². The average Bonchev–Trinajstić information content (AvgIpc) is 2.73. The van der Waals surface area contributed by atoms with E-state index in [1.807, 2.05) is 6.07 Å². The number of rotatable bonds is 6. The number of fused-ring (bicyclic) bond motifs is 1. The highest BCUT2D eigenvalue weighted by Gasteiger charge is 2.27. The van der Waals surface area contributed by atoms with Crippen molar-refractivity contribution in [3.05, 3.63) is 53.3 Å². The summed E-state index contributed by atoms with van der Waals surface area (Å²) < 4.78 is 52.8. The summed E-state index contributed by atoms with van der Waals surface area (Å²) in [7, 11) is -3.84. The zero-order valence-corrected chi connectivity index (χ0v) is 18.0. The van der Waals surface area contributed by atoms with Crippen LogP contribution in [-0.2, 0) is 10.0 Å². The number of hydrogen-bond donors (Lipinski definition) is 1. The van der Waals surface area contributed by atoms with Crippen molar-refractivity contribution in [3.8, 4) is 11.5 Å². The molecule has 0 amide bonds. The summed E-state index contributed by atoms with van der Waals surface area (Å²) >= 11 is 6.03. The van der Waals surface area contributed by atoms with Crippen molar-refractivity contribution in [3.63, 3.8) is 0 Å². The molecule has 2 aromatic rings. The first-order valence-electron chi connectivity index (χ1n) is 9.96. The minimum Gasteiger partial charge on any atom is -0.486 e. The molecule has 9 heteroatoms. The van der Waals surface area contributed by atoms with Crippen LogP contribution in [-0.4, -0.2) is 52.2 Å². The first-order valence-corrected chi connectivity index (χ1v) is 11.8. The Labute approximate surface area is 181 Å². The summed E-state index contributed by atoms with van der Waals surface area (Å²) in [5, 5.41) is 0.608. The summed E-state index contributed by atoms with van der Waals surface area (Å²) in [4.78, 5) is 1.99. The standard InChI is InChI=1S/C21H24ClFN2O4S/c22-16-5-6-19-20(11-16)29-17(14-28-19)13-25-9-7-15(8-10-25)12-24-30(26,27)21-4-2-1-3-18(21)23/h1-6,11,15,17,24H,7-10,12-14H2/t17-/m0/s1. The highest BCUT2D eigenvalue weighted by atomic mass is 35.5. The van der Waals surface area contributed by atoms with E-state index in [9.17, 15) is 12.8 Å². The van der Waals surface area contributed by atoms with Gasteiger partial charge in [-0.05, 0) is 56.1 Å².